The number of hydrogen-bond donors (Lipinski definition) is 1. The van der Waals surface area contributed by atoms with E-state index in [9.17, 15) is 4.79 Å². The van der Waals surface area contributed by atoms with Crippen LogP contribution in [0.2, 0.25) is 0 Å². The molecule has 2 aromatic rings. The highest BCUT2D eigenvalue weighted by Gasteiger charge is 2.06. The second kappa shape index (κ2) is 5.14. The molecule has 94 valence electrons. The predicted molar refractivity (Wildman–Crippen MR) is 72.5 cm³/mol. The largest absolute Gasteiger partial charge is 0.298 e. The first-order valence-electron chi connectivity index (χ1n) is 5.46. The fourth-order valence-corrected chi connectivity index (χ4v) is 2.15. The van der Waals surface area contributed by atoms with Gasteiger partial charge in [-0.15, -0.1) is 11.3 Å². The van der Waals surface area contributed by atoms with Crippen molar-refractivity contribution in [2.24, 2.45) is 7.05 Å². The maximum atomic E-state index is 11.7. The number of nitrogens with zero attached hydrogens (tertiary/aromatic N) is 3. The van der Waals surface area contributed by atoms with Gasteiger partial charge in [0.1, 0.15) is 0 Å². The molecule has 1 N–H and O–H groups in total. The lowest BCUT2D eigenvalue weighted by Crippen LogP contribution is -2.07. The molecule has 0 spiro atoms. The minimum atomic E-state index is -0.187. The van der Waals surface area contributed by atoms with Crippen LogP contribution >= 0.6 is 11.3 Å². The molecule has 0 fully saturated rings. The fourth-order valence-electron chi connectivity index (χ4n) is 1.62. The summed E-state index contributed by atoms with van der Waals surface area (Å²) in [5.74, 6) is -0.187. The highest BCUT2D eigenvalue weighted by Crippen LogP contribution is 2.14. The number of nitrogens with one attached hydrogen (secondary N) is 1. The molecule has 2 aromatic heterocycles. The zero-order chi connectivity index (χ0) is 13.1. The highest BCUT2D eigenvalue weighted by molar-refractivity contribution is 7.13. The Morgan fingerprint density at radius 3 is 2.83 bits per heavy atom. The van der Waals surface area contributed by atoms with Crippen molar-refractivity contribution in [2.45, 2.75) is 13.8 Å². The number of aromatic nitrogens is 3. The Morgan fingerprint density at radius 2 is 2.28 bits per heavy atom. The van der Waals surface area contributed by atoms with E-state index in [0.29, 0.717) is 5.13 Å². The Hall–Kier alpha value is -1.95. The van der Waals surface area contributed by atoms with Crippen molar-refractivity contribution < 1.29 is 4.79 Å². The number of rotatable bonds is 3. The van der Waals surface area contributed by atoms with E-state index in [1.54, 1.807) is 17.0 Å². The average molecular weight is 262 g/mol. The van der Waals surface area contributed by atoms with E-state index in [1.807, 2.05) is 26.3 Å². The molecule has 2 rings (SSSR count). The number of aryl methyl sites for hydroxylation is 2. The van der Waals surface area contributed by atoms with Gasteiger partial charge in [0.15, 0.2) is 5.13 Å². The Morgan fingerprint density at radius 1 is 1.50 bits per heavy atom. The summed E-state index contributed by atoms with van der Waals surface area (Å²) in [6.45, 7) is 3.89. The summed E-state index contributed by atoms with van der Waals surface area (Å²) < 4.78 is 1.80. The maximum Gasteiger partial charge on any atom is 0.250 e. The summed E-state index contributed by atoms with van der Waals surface area (Å²) in [5, 5.41) is 9.40. The van der Waals surface area contributed by atoms with Crippen molar-refractivity contribution in [3.63, 3.8) is 0 Å². The van der Waals surface area contributed by atoms with Gasteiger partial charge in [-0.1, -0.05) is 0 Å². The van der Waals surface area contributed by atoms with Crippen LogP contribution in [-0.4, -0.2) is 20.7 Å². The molecule has 0 bridgehead atoms. The Kier molecular flexibility index (Phi) is 3.57. The summed E-state index contributed by atoms with van der Waals surface area (Å²) in [7, 11) is 1.88. The van der Waals surface area contributed by atoms with Gasteiger partial charge in [0.2, 0.25) is 5.91 Å². The van der Waals surface area contributed by atoms with Crippen LogP contribution in [0.25, 0.3) is 6.08 Å². The molecule has 0 saturated heterocycles. The summed E-state index contributed by atoms with van der Waals surface area (Å²) in [5.41, 5.74) is 2.92. The summed E-state index contributed by atoms with van der Waals surface area (Å²) in [6, 6.07) is 0. The van der Waals surface area contributed by atoms with E-state index >= 15 is 0 Å². The van der Waals surface area contributed by atoms with E-state index in [-0.39, 0.29) is 5.91 Å². The second-order valence-electron chi connectivity index (χ2n) is 3.87. The van der Waals surface area contributed by atoms with Crippen LogP contribution in [0.3, 0.4) is 0 Å². The summed E-state index contributed by atoms with van der Waals surface area (Å²) in [4.78, 5) is 15.6. The van der Waals surface area contributed by atoms with Crippen LogP contribution in [-0.2, 0) is 11.8 Å². The van der Waals surface area contributed by atoms with Gasteiger partial charge in [0, 0.05) is 36.0 Å². The zero-order valence-electron chi connectivity index (χ0n) is 10.5. The van der Waals surface area contributed by atoms with Gasteiger partial charge in [-0.25, -0.2) is 4.98 Å². The van der Waals surface area contributed by atoms with E-state index in [0.717, 1.165) is 17.0 Å². The van der Waals surface area contributed by atoms with E-state index < -0.39 is 0 Å². The molecule has 1 amide bonds. The van der Waals surface area contributed by atoms with E-state index in [2.05, 4.69) is 15.4 Å². The third-order valence-corrected chi connectivity index (χ3v) is 3.32. The van der Waals surface area contributed by atoms with Crippen molar-refractivity contribution in [3.05, 3.63) is 34.6 Å². The van der Waals surface area contributed by atoms with Gasteiger partial charge in [0.25, 0.3) is 0 Å². The fraction of sp³-hybridized carbons (Fsp3) is 0.250. The SMILES string of the molecule is Cc1nn(C)c(C)c1C=CC(=O)Nc1nccs1. The number of carbonyl (C=O) groups excluding carboxylic acids is 1. The minimum absolute atomic E-state index is 0.187. The first-order chi connectivity index (χ1) is 8.58. The standard InChI is InChI=1S/C12H14N4OS/c1-8-10(9(2)16(3)15-8)4-5-11(17)14-12-13-6-7-18-12/h4-7H,1-3H3,(H,13,14,17). The quantitative estimate of drug-likeness (QED) is 0.862. The first-order valence-corrected chi connectivity index (χ1v) is 6.34. The van der Waals surface area contributed by atoms with Crippen LogP contribution < -0.4 is 5.32 Å². The lowest BCUT2D eigenvalue weighted by Gasteiger charge is -1.96. The van der Waals surface area contributed by atoms with Crippen molar-refractivity contribution in [1.82, 2.24) is 14.8 Å². The molecule has 5 nitrogen and oxygen atoms in total. The monoisotopic (exact) mass is 262 g/mol. The van der Waals surface area contributed by atoms with Crippen LogP contribution in [0.15, 0.2) is 17.7 Å². The lowest BCUT2D eigenvalue weighted by molar-refractivity contribution is -0.111. The van der Waals surface area contributed by atoms with Crippen molar-refractivity contribution in [2.75, 3.05) is 5.32 Å². The highest BCUT2D eigenvalue weighted by atomic mass is 32.1. The van der Waals surface area contributed by atoms with Crippen LogP contribution in [0.5, 0.6) is 0 Å². The van der Waals surface area contributed by atoms with Crippen molar-refractivity contribution in [3.8, 4) is 0 Å². The van der Waals surface area contributed by atoms with Gasteiger partial charge in [0.05, 0.1) is 5.69 Å². The van der Waals surface area contributed by atoms with Gasteiger partial charge < -0.3 is 0 Å². The molecule has 0 atom stereocenters. The normalized spacial score (nSPS) is 11.1. The molecule has 18 heavy (non-hydrogen) atoms. The molecule has 0 aromatic carbocycles. The third-order valence-electron chi connectivity index (χ3n) is 2.63. The number of amides is 1. The summed E-state index contributed by atoms with van der Waals surface area (Å²) in [6.07, 6.45) is 4.93. The first kappa shape index (κ1) is 12.5. The molecule has 0 aliphatic carbocycles. The molecule has 6 heteroatoms. The number of thiazole rings is 1. The van der Waals surface area contributed by atoms with Crippen LogP contribution in [0.1, 0.15) is 17.0 Å². The molecule has 0 aliphatic rings. The van der Waals surface area contributed by atoms with E-state index in [1.165, 1.54) is 17.4 Å². The Labute approximate surface area is 109 Å². The molecule has 0 saturated carbocycles. The number of carbonyl (C=O) groups is 1. The number of hydrogen-bond acceptors (Lipinski definition) is 4. The van der Waals surface area contributed by atoms with Gasteiger partial charge >= 0.3 is 0 Å². The minimum Gasteiger partial charge on any atom is -0.298 e. The number of anilines is 1. The predicted octanol–water partition coefficient (Wildman–Crippen LogP) is 2.15. The zero-order valence-corrected chi connectivity index (χ0v) is 11.3. The van der Waals surface area contributed by atoms with Gasteiger partial charge in [-0.3, -0.25) is 14.8 Å². The van der Waals surface area contributed by atoms with Crippen molar-refractivity contribution in [1.29, 1.82) is 0 Å². The van der Waals surface area contributed by atoms with Crippen LogP contribution in [0, 0.1) is 13.8 Å². The van der Waals surface area contributed by atoms with E-state index in [4.69, 9.17) is 0 Å². The molecule has 0 aliphatic heterocycles. The summed E-state index contributed by atoms with van der Waals surface area (Å²) >= 11 is 1.39. The Bertz CT molecular complexity index is 583. The van der Waals surface area contributed by atoms with Crippen molar-refractivity contribution >= 4 is 28.5 Å². The lowest BCUT2D eigenvalue weighted by atomic mass is 10.2. The molecule has 0 radical (unpaired) electrons. The van der Waals surface area contributed by atoms with Crippen LogP contribution in [0.4, 0.5) is 5.13 Å². The Balaban J connectivity index is 2.09. The average Bonchev–Trinajstić information content (AvgIpc) is 2.88. The van der Waals surface area contributed by atoms with Gasteiger partial charge in [-0.2, -0.15) is 5.10 Å². The van der Waals surface area contributed by atoms with Gasteiger partial charge in [-0.05, 0) is 19.9 Å². The third kappa shape index (κ3) is 2.65. The second-order valence-corrected chi connectivity index (χ2v) is 4.76. The molecular weight excluding hydrogens is 248 g/mol. The molecule has 2 heterocycles. The molecular formula is C12H14N4OS. The topological polar surface area (TPSA) is 59.8 Å². The maximum absolute atomic E-state index is 11.7. The molecule has 0 unspecified atom stereocenters. The smallest absolute Gasteiger partial charge is 0.250 e.